The molecular weight excluding hydrogens is 480 g/mol. The largest absolute Gasteiger partial charge is 0.444 e. The van der Waals surface area contributed by atoms with Crippen LogP contribution in [0.5, 0.6) is 0 Å². The van der Waals surface area contributed by atoms with E-state index in [-0.39, 0.29) is 6.09 Å². The van der Waals surface area contributed by atoms with Crippen molar-refractivity contribution in [1.29, 1.82) is 0 Å². The number of carbonyl (C=O) groups excluding carboxylic acids is 1. The fraction of sp³-hybridized carbons (Fsp3) is 0.348. The molecule has 0 saturated carbocycles. The fourth-order valence-corrected chi connectivity index (χ4v) is 4.09. The average Bonchev–Trinajstić information content (AvgIpc) is 2.72. The normalized spacial score (nSPS) is 14.7. The molecule has 0 spiro atoms. The Kier molecular flexibility index (Phi) is 6.08. The van der Waals surface area contributed by atoms with Gasteiger partial charge in [-0.3, -0.25) is 0 Å². The van der Waals surface area contributed by atoms with Crippen LogP contribution in [0.4, 0.5) is 10.6 Å². The number of benzene rings is 1. The molecule has 1 aliphatic heterocycles. The minimum atomic E-state index is -0.485. The van der Waals surface area contributed by atoms with Crippen molar-refractivity contribution in [3.8, 4) is 11.3 Å². The second-order valence-corrected chi connectivity index (χ2v) is 9.83. The summed E-state index contributed by atoms with van der Waals surface area (Å²) in [5.41, 5.74) is 2.03. The van der Waals surface area contributed by atoms with Crippen molar-refractivity contribution in [2.24, 2.45) is 0 Å². The zero-order chi connectivity index (χ0) is 22.2. The molecular formula is C23H24BrClN4O2. The van der Waals surface area contributed by atoms with Crippen LogP contribution in [-0.4, -0.2) is 52.7 Å². The third kappa shape index (κ3) is 5.10. The molecule has 2 aromatic heterocycles. The van der Waals surface area contributed by atoms with E-state index in [1.165, 1.54) is 0 Å². The number of amides is 1. The highest BCUT2D eigenvalue weighted by atomic mass is 79.9. The van der Waals surface area contributed by atoms with Crippen LogP contribution in [0.15, 0.2) is 47.1 Å². The monoisotopic (exact) mass is 502 g/mol. The Morgan fingerprint density at radius 3 is 2.48 bits per heavy atom. The molecule has 1 amide bonds. The van der Waals surface area contributed by atoms with E-state index in [0.717, 1.165) is 32.5 Å². The Balaban J connectivity index is 1.46. The van der Waals surface area contributed by atoms with Crippen molar-refractivity contribution in [2.75, 3.05) is 31.1 Å². The van der Waals surface area contributed by atoms with E-state index < -0.39 is 5.60 Å². The molecule has 1 fully saturated rings. The highest BCUT2D eigenvalue weighted by Gasteiger charge is 2.26. The number of hydrogen-bond donors (Lipinski definition) is 0. The van der Waals surface area contributed by atoms with Crippen LogP contribution in [0.3, 0.4) is 0 Å². The number of rotatable bonds is 2. The summed E-state index contributed by atoms with van der Waals surface area (Å²) >= 11 is 9.96. The van der Waals surface area contributed by atoms with Gasteiger partial charge in [-0.05, 0) is 51.1 Å². The Morgan fingerprint density at radius 1 is 1.10 bits per heavy atom. The summed E-state index contributed by atoms with van der Waals surface area (Å²) in [6, 6.07) is 11.7. The number of anilines is 1. The number of pyridine rings is 2. The summed E-state index contributed by atoms with van der Waals surface area (Å²) < 4.78 is 6.42. The van der Waals surface area contributed by atoms with Crippen LogP contribution in [0.25, 0.3) is 22.2 Å². The lowest BCUT2D eigenvalue weighted by molar-refractivity contribution is 0.0240. The quantitative estimate of drug-likeness (QED) is 0.444. The number of piperazine rings is 1. The van der Waals surface area contributed by atoms with E-state index in [0.29, 0.717) is 31.2 Å². The molecule has 0 bridgehead atoms. The zero-order valence-electron chi connectivity index (χ0n) is 17.7. The number of halogens is 2. The van der Waals surface area contributed by atoms with Gasteiger partial charge in [0.15, 0.2) is 0 Å². The summed E-state index contributed by atoms with van der Waals surface area (Å²) in [5, 5.41) is 1.58. The molecule has 1 aliphatic rings. The van der Waals surface area contributed by atoms with Gasteiger partial charge in [0.2, 0.25) is 0 Å². The molecule has 3 heterocycles. The van der Waals surface area contributed by atoms with Crippen LogP contribution >= 0.6 is 27.5 Å². The van der Waals surface area contributed by atoms with Gasteiger partial charge in [-0.15, -0.1) is 0 Å². The first-order chi connectivity index (χ1) is 14.7. The first kappa shape index (κ1) is 21.8. The Bertz CT molecular complexity index is 1110. The number of nitrogens with zero attached hydrogens (tertiary/aromatic N) is 4. The summed E-state index contributed by atoms with van der Waals surface area (Å²) in [7, 11) is 0. The van der Waals surface area contributed by atoms with E-state index in [2.05, 4.69) is 25.8 Å². The lowest BCUT2D eigenvalue weighted by atomic mass is 10.1. The molecule has 162 valence electrons. The topological polar surface area (TPSA) is 58.6 Å². The van der Waals surface area contributed by atoms with Gasteiger partial charge >= 0.3 is 6.09 Å². The standard InChI is InChI=1S/C23H24BrClN4O2/c1-23(2,3)31-22(30)29-10-8-28(9-11-29)21-7-4-15(14-26-21)19-13-18(25)17-6-5-16(24)12-20(17)27-19/h4-7,12-14H,8-11H2,1-3H3. The lowest BCUT2D eigenvalue weighted by Crippen LogP contribution is -2.50. The van der Waals surface area contributed by atoms with Gasteiger partial charge in [0.25, 0.3) is 0 Å². The molecule has 0 atom stereocenters. The first-order valence-electron chi connectivity index (χ1n) is 10.1. The lowest BCUT2D eigenvalue weighted by Gasteiger charge is -2.36. The van der Waals surface area contributed by atoms with Gasteiger partial charge in [0, 0.05) is 47.8 Å². The molecule has 3 aromatic rings. The van der Waals surface area contributed by atoms with Gasteiger partial charge in [-0.25, -0.2) is 14.8 Å². The smallest absolute Gasteiger partial charge is 0.410 e. The third-order valence-corrected chi connectivity index (χ3v) is 5.83. The summed E-state index contributed by atoms with van der Waals surface area (Å²) in [6.07, 6.45) is 1.55. The maximum absolute atomic E-state index is 12.2. The predicted octanol–water partition coefficient (Wildman–Crippen LogP) is 5.77. The van der Waals surface area contributed by atoms with Gasteiger partial charge in [0.1, 0.15) is 11.4 Å². The van der Waals surface area contributed by atoms with Crippen LogP contribution in [0, 0.1) is 0 Å². The van der Waals surface area contributed by atoms with E-state index in [1.54, 1.807) is 4.90 Å². The van der Waals surface area contributed by atoms with Gasteiger partial charge < -0.3 is 14.5 Å². The Morgan fingerprint density at radius 2 is 1.84 bits per heavy atom. The molecule has 1 saturated heterocycles. The molecule has 0 N–H and O–H groups in total. The summed E-state index contributed by atoms with van der Waals surface area (Å²) in [6.45, 7) is 8.26. The SMILES string of the molecule is CC(C)(C)OC(=O)N1CCN(c2ccc(-c3cc(Cl)c4ccc(Br)cc4n3)cn2)CC1. The zero-order valence-corrected chi connectivity index (χ0v) is 20.1. The van der Waals surface area contributed by atoms with Gasteiger partial charge in [-0.2, -0.15) is 0 Å². The van der Waals surface area contributed by atoms with Crippen LogP contribution in [-0.2, 0) is 4.74 Å². The van der Waals surface area contributed by atoms with Gasteiger partial charge in [0.05, 0.1) is 16.2 Å². The van der Waals surface area contributed by atoms with Crippen LogP contribution in [0.2, 0.25) is 5.02 Å². The minimum absolute atomic E-state index is 0.263. The van der Waals surface area contributed by atoms with Crippen molar-refractivity contribution in [3.05, 3.63) is 52.1 Å². The highest BCUT2D eigenvalue weighted by molar-refractivity contribution is 9.10. The van der Waals surface area contributed by atoms with Crippen LogP contribution in [0.1, 0.15) is 20.8 Å². The minimum Gasteiger partial charge on any atom is -0.444 e. The fourth-order valence-electron chi connectivity index (χ4n) is 3.48. The number of fused-ring (bicyclic) bond motifs is 1. The van der Waals surface area contributed by atoms with Crippen molar-refractivity contribution >= 4 is 50.3 Å². The molecule has 8 heteroatoms. The maximum atomic E-state index is 12.2. The number of carbonyl (C=O) groups is 1. The van der Waals surface area contributed by atoms with Crippen molar-refractivity contribution in [3.63, 3.8) is 0 Å². The predicted molar refractivity (Wildman–Crippen MR) is 128 cm³/mol. The van der Waals surface area contributed by atoms with E-state index in [9.17, 15) is 4.79 Å². The molecule has 0 unspecified atom stereocenters. The highest BCUT2D eigenvalue weighted by Crippen LogP contribution is 2.30. The molecule has 6 nitrogen and oxygen atoms in total. The number of hydrogen-bond acceptors (Lipinski definition) is 5. The van der Waals surface area contributed by atoms with E-state index >= 15 is 0 Å². The number of ether oxygens (including phenoxy) is 1. The van der Waals surface area contributed by atoms with Crippen LogP contribution < -0.4 is 4.90 Å². The molecule has 1 aromatic carbocycles. The second kappa shape index (κ2) is 8.63. The number of aromatic nitrogens is 2. The molecule has 0 radical (unpaired) electrons. The second-order valence-electron chi connectivity index (χ2n) is 8.51. The van der Waals surface area contributed by atoms with Crippen molar-refractivity contribution in [2.45, 2.75) is 26.4 Å². The Labute approximate surface area is 195 Å². The third-order valence-electron chi connectivity index (χ3n) is 5.02. The molecule has 4 rings (SSSR count). The maximum Gasteiger partial charge on any atom is 0.410 e. The molecule has 31 heavy (non-hydrogen) atoms. The first-order valence-corrected chi connectivity index (χ1v) is 11.3. The van der Waals surface area contributed by atoms with E-state index in [1.807, 2.05) is 63.4 Å². The van der Waals surface area contributed by atoms with E-state index in [4.69, 9.17) is 21.3 Å². The van der Waals surface area contributed by atoms with Crippen molar-refractivity contribution in [1.82, 2.24) is 14.9 Å². The average molecular weight is 504 g/mol. The Hall–Kier alpha value is -2.38. The summed E-state index contributed by atoms with van der Waals surface area (Å²) in [5.74, 6) is 0.877. The summed E-state index contributed by atoms with van der Waals surface area (Å²) in [4.78, 5) is 25.5. The molecule has 0 aliphatic carbocycles. The van der Waals surface area contributed by atoms with Crippen molar-refractivity contribution < 1.29 is 9.53 Å². The van der Waals surface area contributed by atoms with Gasteiger partial charge in [-0.1, -0.05) is 33.6 Å².